The van der Waals surface area contributed by atoms with Crippen molar-refractivity contribution < 1.29 is 4.79 Å². The quantitative estimate of drug-likeness (QED) is 0.733. The van der Waals surface area contributed by atoms with Crippen LogP contribution in [0.2, 0.25) is 0 Å². The molecule has 0 aliphatic carbocycles. The minimum atomic E-state index is -0.198. The number of aryl methyl sites for hydroxylation is 1. The molecule has 1 amide bonds. The van der Waals surface area contributed by atoms with Crippen LogP contribution in [0.3, 0.4) is 0 Å². The minimum Gasteiger partial charge on any atom is -0.322 e. The number of nitrogens with zero attached hydrogens (tertiary/aromatic N) is 2. The molecule has 2 heterocycles. The predicted octanol–water partition coefficient (Wildman–Crippen LogP) is 4.50. The summed E-state index contributed by atoms with van der Waals surface area (Å²) < 4.78 is 1.80. The average molecular weight is 375 g/mol. The van der Waals surface area contributed by atoms with Crippen molar-refractivity contribution in [1.82, 2.24) is 9.55 Å². The number of hydrogen-bond acceptors (Lipinski definition) is 3. The summed E-state index contributed by atoms with van der Waals surface area (Å²) in [5.41, 5.74) is 3.09. The van der Waals surface area contributed by atoms with Gasteiger partial charge in [0.1, 0.15) is 5.82 Å². The number of rotatable bonds is 3. The molecular formula is C23H25N3O2. The number of carbonyl (C=O) groups excluding carboxylic acids is 1. The lowest BCUT2D eigenvalue weighted by molar-refractivity contribution is 0.102. The van der Waals surface area contributed by atoms with Gasteiger partial charge >= 0.3 is 0 Å². The van der Waals surface area contributed by atoms with E-state index in [0.29, 0.717) is 22.4 Å². The standard InChI is InChI=1S/C23H25N3O2/c1-15(2)16-7-10-18(11-8-16)24-22(27)17-9-12-19-20(14-17)25-21-6-4-3-5-13-26(21)23(19)28/h7-12,14-15H,3-6,13H2,1-2H3,(H,24,27). The second kappa shape index (κ2) is 7.58. The number of nitrogens with one attached hydrogen (secondary N) is 1. The molecule has 5 nitrogen and oxygen atoms in total. The third kappa shape index (κ3) is 3.57. The largest absolute Gasteiger partial charge is 0.322 e. The topological polar surface area (TPSA) is 64.0 Å². The van der Waals surface area contributed by atoms with Gasteiger partial charge in [-0.2, -0.15) is 0 Å². The normalized spacial score (nSPS) is 14.0. The van der Waals surface area contributed by atoms with E-state index in [-0.39, 0.29) is 11.5 Å². The van der Waals surface area contributed by atoms with Crippen molar-refractivity contribution in [2.75, 3.05) is 5.32 Å². The minimum absolute atomic E-state index is 0.00173. The van der Waals surface area contributed by atoms with Gasteiger partial charge in [-0.15, -0.1) is 0 Å². The van der Waals surface area contributed by atoms with Gasteiger partial charge in [0.15, 0.2) is 0 Å². The maximum Gasteiger partial charge on any atom is 0.261 e. The summed E-state index contributed by atoms with van der Waals surface area (Å²) in [5, 5.41) is 3.50. The smallest absolute Gasteiger partial charge is 0.261 e. The van der Waals surface area contributed by atoms with E-state index >= 15 is 0 Å². The van der Waals surface area contributed by atoms with Crippen molar-refractivity contribution in [3.05, 3.63) is 69.8 Å². The highest BCUT2D eigenvalue weighted by Crippen LogP contribution is 2.19. The molecule has 0 saturated carbocycles. The first-order chi connectivity index (χ1) is 13.5. The molecule has 0 fully saturated rings. The van der Waals surface area contributed by atoms with Crippen LogP contribution in [0, 0.1) is 0 Å². The number of carbonyl (C=O) groups is 1. The Balaban J connectivity index is 1.63. The summed E-state index contributed by atoms with van der Waals surface area (Å²) in [4.78, 5) is 30.2. The highest BCUT2D eigenvalue weighted by Gasteiger charge is 2.15. The summed E-state index contributed by atoms with van der Waals surface area (Å²) in [6.45, 7) is 5.00. The Morgan fingerprint density at radius 2 is 1.86 bits per heavy atom. The molecule has 4 rings (SSSR count). The first-order valence-electron chi connectivity index (χ1n) is 9.98. The third-order valence-corrected chi connectivity index (χ3v) is 5.41. The van der Waals surface area contributed by atoms with E-state index in [4.69, 9.17) is 4.98 Å². The number of anilines is 1. The summed E-state index contributed by atoms with van der Waals surface area (Å²) >= 11 is 0. The molecule has 2 aromatic carbocycles. The Morgan fingerprint density at radius 3 is 2.61 bits per heavy atom. The van der Waals surface area contributed by atoms with Crippen LogP contribution in [0.25, 0.3) is 10.9 Å². The van der Waals surface area contributed by atoms with Crippen molar-refractivity contribution in [2.45, 2.75) is 52.0 Å². The highest BCUT2D eigenvalue weighted by atomic mass is 16.1. The fourth-order valence-corrected chi connectivity index (χ4v) is 3.71. The first kappa shape index (κ1) is 18.4. The van der Waals surface area contributed by atoms with Gasteiger partial charge in [-0.25, -0.2) is 4.98 Å². The van der Waals surface area contributed by atoms with Crippen LogP contribution >= 0.6 is 0 Å². The van der Waals surface area contributed by atoms with Crippen molar-refractivity contribution >= 4 is 22.5 Å². The zero-order valence-electron chi connectivity index (χ0n) is 16.4. The van der Waals surface area contributed by atoms with Crippen LogP contribution in [0.5, 0.6) is 0 Å². The fourth-order valence-electron chi connectivity index (χ4n) is 3.71. The number of amides is 1. The van der Waals surface area contributed by atoms with Crippen LogP contribution in [-0.2, 0) is 13.0 Å². The van der Waals surface area contributed by atoms with Crippen LogP contribution in [-0.4, -0.2) is 15.5 Å². The average Bonchev–Trinajstić information content (AvgIpc) is 2.94. The Kier molecular flexibility index (Phi) is 4.99. The van der Waals surface area contributed by atoms with E-state index < -0.39 is 0 Å². The lowest BCUT2D eigenvalue weighted by atomic mass is 10.0. The fraction of sp³-hybridized carbons (Fsp3) is 0.348. The molecular weight excluding hydrogens is 350 g/mol. The molecule has 28 heavy (non-hydrogen) atoms. The van der Waals surface area contributed by atoms with Crippen LogP contribution < -0.4 is 10.9 Å². The number of fused-ring (bicyclic) bond motifs is 2. The first-order valence-corrected chi connectivity index (χ1v) is 9.98. The van der Waals surface area contributed by atoms with Gasteiger partial charge < -0.3 is 5.32 Å². The van der Waals surface area contributed by atoms with E-state index in [0.717, 1.165) is 43.7 Å². The monoisotopic (exact) mass is 375 g/mol. The molecule has 1 aromatic heterocycles. The molecule has 1 N–H and O–H groups in total. The SMILES string of the molecule is CC(C)c1ccc(NC(=O)c2ccc3c(=O)n4c(nc3c2)CCCCC4)cc1. The van der Waals surface area contributed by atoms with Gasteiger partial charge in [0.2, 0.25) is 0 Å². The maximum atomic E-state index is 12.8. The van der Waals surface area contributed by atoms with E-state index in [1.807, 2.05) is 24.3 Å². The number of aromatic nitrogens is 2. The van der Waals surface area contributed by atoms with Gasteiger partial charge in [-0.1, -0.05) is 32.4 Å². The van der Waals surface area contributed by atoms with Crippen LogP contribution in [0.1, 0.15) is 60.8 Å². The predicted molar refractivity (Wildman–Crippen MR) is 112 cm³/mol. The van der Waals surface area contributed by atoms with Crippen molar-refractivity contribution in [3.63, 3.8) is 0 Å². The zero-order valence-corrected chi connectivity index (χ0v) is 16.4. The van der Waals surface area contributed by atoms with Gasteiger partial charge in [-0.05, 0) is 54.7 Å². The molecule has 0 unspecified atom stereocenters. The summed E-state index contributed by atoms with van der Waals surface area (Å²) in [6, 6.07) is 13.0. The van der Waals surface area contributed by atoms with Gasteiger partial charge in [0.25, 0.3) is 11.5 Å². The molecule has 0 atom stereocenters. The lowest BCUT2D eigenvalue weighted by Crippen LogP contribution is -2.24. The van der Waals surface area contributed by atoms with E-state index in [9.17, 15) is 9.59 Å². The summed E-state index contributed by atoms with van der Waals surface area (Å²) in [6.07, 6.45) is 3.98. The lowest BCUT2D eigenvalue weighted by Gasteiger charge is -2.11. The molecule has 0 radical (unpaired) electrons. The number of hydrogen-bond donors (Lipinski definition) is 1. The highest BCUT2D eigenvalue weighted by molar-refractivity contribution is 6.06. The van der Waals surface area contributed by atoms with Gasteiger partial charge in [-0.3, -0.25) is 14.2 Å². The molecule has 0 bridgehead atoms. The van der Waals surface area contributed by atoms with Crippen molar-refractivity contribution in [3.8, 4) is 0 Å². The van der Waals surface area contributed by atoms with Crippen LogP contribution in [0.15, 0.2) is 47.3 Å². The molecule has 0 spiro atoms. The van der Waals surface area contributed by atoms with E-state index in [2.05, 4.69) is 19.2 Å². The third-order valence-electron chi connectivity index (χ3n) is 5.41. The Hall–Kier alpha value is -2.95. The summed E-state index contributed by atoms with van der Waals surface area (Å²) in [5.74, 6) is 1.08. The molecule has 1 aliphatic heterocycles. The summed E-state index contributed by atoms with van der Waals surface area (Å²) in [7, 11) is 0. The second-order valence-corrected chi connectivity index (χ2v) is 7.76. The van der Waals surface area contributed by atoms with Gasteiger partial charge in [0, 0.05) is 24.2 Å². The Bertz CT molecular complexity index is 1080. The van der Waals surface area contributed by atoms with E-state index in [1.165, 1.54) is 5.56 Å². The number of benzene rings is 2. The van der Waals surface area contributed by atoms with Gasteiger partial charge in [0.05, 0.1) is 10.9 Å². The Morgan fingerprint density at radius 1 is 1.07 bits per heavy atom. The molecule has 1 aliphatic rings. The second-order valence-electron chi connectivity index (χ2n) is 7.76. The molecule has 3 aromatic rings. The van der Waals surface area contributed by atoms with Crippen LogP contribution in [0.4, 0.5) is 5.69 Å². The van der Waals surface area contributed by atoms with Crippen molar-refractivity contribution in [2.24, 2.45) is 0 Å². The molecule has 144 valence electrons. The van der Waals surface area contributed by atoms with E-state index in [1.54, 1.807) is 22.8 Å². The van der Waals surface area contributed by atoms with Crippen molar-refractivity contribution in [1.29, 1.82) is 0 Å². The molecule has 5 heteroatoms. The Labute approximate surface area is 164 Å². The molecule has 0 saturated heterocycles. The maximum absolute atomic E-state index is 12.8. The zero-order chi connectivity index (χ0) is 19.7.